The lowest BCUT2D eigenvalue weighted by atomic mass is 9.99. The second-order valence-corrected chi connectivity index (χ2v) is 10.6. The maximum absolute atomic E-state index is 13.1. The summed E-state index contributed by atoms with van der Waals surface area (Å²) in [5.41, 5.74) is 3.80. The highest BCUT2D eigenvalue weighted by molar-refractivity contribution is 5.93. The van der Waals surface area contributed by atoms with Gasteiger partial charge in [0.2, 0.25) is 5.91 Å². The fourth-order valence-electron chi connectivity index (χ4n) is 5.58. The maximum Gasteiger partial charge on any atom is 0.263 e. The van der Waals surface area contributed by atoms with Gasteiger partial charge < -0.3 is 19.5 Å². The van der Waals surface area contributed by atoms with Crippen LogP contribution >= 0.6 is 0 Å². The van der Waals surface area contributed by atoms with Crippen LogP contribution in [0.4, 0.5) is 0 Å². The van der Waals surface area contributed by atoms with E-state index >= 15 is 0 Å². The van der Waals surface area contributed by atoms with Crippen molar-refractivity contribution in [3.63, 3.8) is 0 Å². The molecule has 1 fully saturated rings. The number of pyridine rings is 1. The van der Waals surface area contributed by atoms with Crippen LogP contribution in [-0.2, 0) is 17.9 Å². The molecule has 4 heterocycles. The molecule has 11 nitrogen and oxygen atoms in total. The average molecular weight is 534 g/mol. The SMILES string of the molecule is COc1cc(C)c(CN2C[C@@H]3CC(=O)NCCN(C)C(=O)c4cccn(c4=O)Cc4cn(nn4)[C@@H]3C2)cc1C. The Morgan fingerprint density at radius 1 is 1.13 bits per heavy atom. The number of hydrogen-bond donors (Lipinski definition) is 1. The van der Waals surface area contributed by atoms with Crippen molar-refractivity contribution in [1.29, 1.82) is 0 Å². The number of likely N-dealkylation sites (tertiary alicyclic amines) is 1. The zero-order valence-corrected chi connectivity index (χ0v) is 22.9. The standard InChI is InChI=1S/C28H35N7O4/c1-18-11-25(39-4)19(2)10-20(18)13-33-14-21-12-26(36)29-7-9-32(3)27(37)23-6-5-8-34(28(23)38)15-22-16-35(31-30-22)24(21)17-33/h5-6,8,10-11,16,21,24H,7,9,12-15,17H2,1-4H3,(H,29,36)/t21-,24+/m0/s1. The minimum atomic E-state index is -0.380. The third-order valence-corrected chi connectivity index (χ3v) is 7.77. The monoisotopic (exact) mass is 533 g/mol. The van der Waals surface area contributed by atoms with E-state index in [0.29, 0.717) is 25.2 Å². The van der Waals surface area contributed by atoms with Gasteiger partial charge in [-0.05, 0) is 48.7 Å². The number of methoxy groups -OCH3 is 1. The topological polar surface area (TPSA) is 115 Å². The number of likely N-dealkylation sites (N-methyl/N-ethyl adjacent to an activating group) is 1. The first-order valence-electron chi connectivity index (χ1n) is 13.2. The van der Waals surface area contributed by atoms with Crippen LogP contribution in [0.25, 0.3) is 0 Å². The van der Waals surface area contributed by atoms with Gasteiger partial charge in [0.25, 0.3) is 11.5 Å². The first-order valence-corrected chi connectivity index (χ1v) is 13.2. The summed E-state index contributed by atoms with van der Waals surface area (Å²) in [4.78, 5) is 42.7. The molecule has 2 atom stereocenters. The second-order valence-electron chi connectivity index (χ2n) is 10.6. The van der Waals surface area contributed by atoms with Crippen LogP contribution in [0, 0.1) is 19.8 Å². The van der Waals surface area contributed by atoms with E-state index in [1.54, 1.807) is 26.4 Å². The van der Waals surface area contributed by atoms with Crippen LogP contribution in [0.3, 0.4) is 0 Å². The Bertz CT molecular complexity index is 1450. The maximum atomic E-state index is 13.1. The van der Waals surface area contributed by atoms with E-state index in [4.69, 9.17) is 4.74 Å². The van der Waals surface area contributed by atoms with Crippen LogP contribution in [-0.4, -0.2) is 81.5 Å². The lowest BCUT2D eigenvalue weighted by Crippen LogP contribution is -2.39. The van der Waals surface area contributed by atoms with Gasteiger partial charge in [-0.2, -0.15) is 0 Å². The highest BCUT2D eigenvalue weighted by Crippen LogP contribution is 2.32. The molecule has 11 heteroatoms. The number of ether oxygens (including phenoxy) is 1. The number of fused-ring (bicyclic) bond motifs is 6. The average Bonchev–Trinajstić information content (AvgIpc) is 3.52. The fraction of sp³-hybridized carbons (Fsp3) is 0.464. The highest BCUT2D eigenvalue weighted by Gasteiger charge is 2.36. The van der Waals surface area contributed by atoms with Gasteiger partial charge in [0, 0.05) is 58.3 Å². The van der Waals surface area contributed by atoms with Crippen molar-refractivity contribution >= 4 is 11.8 Å². The normalized spacial score (nSPS) is 20.6. The van der Waals surface area contributed by atoms with E-state index in [-0.39, 0.29) is 41.4 Å². The minimum Gasteiger partial charge on any atom is -0.496 e. The number of nitrogens with one attached hydrogen (secondary N) is 1. The number of hydrogen-bond acceptors (Lipinski definition) is 7. The Kier molecular flexibility index (Phi) is 7.51. The Morgan fingerprint density at radius 2 is 1.95 bits per heavy atom. The first kappa shape index (κ1) is 26.6. The quantitative estimate of drug-likeness (QED) is 0.541. The second kappa shape index (κ2) is 11.0. The van der Waals surface area contributed by atoms with Crippen LogP contribution in [0.2, 0.25) is 0 Å². The number of carbonyl (C=O) groups excluding carboxylic acids is 2. The summed E-state index contributed by atoms with van der Waals surface area (Å²) in [6.07, 6.45) is 3.84. The summed E-state index contributed by atoms with van der Waals surface area (Å²) in [6, 6.07) is 7.41. The number of benzene rings is 1. The van der Waals surface area contributed by atoms with Crippen LogP contribution in [0.1, 0.15) is 45.2 Å². The van der Waals surface area contributed by atoms with Crippen molar-refractivity contribution in [1.82, 2.24) is 34.7 Å². The number of aromatic nitrogens is 4. The van der Waals surface area contributed by atoms with Crippen molar-refractivity contribution in [3.8, 4) is 5.75 Å². The number of carbonyl (C=O) groups is 2. The molecule has 1 aromatic carbocycles. The molecule has 2 amide bonds. The molecular formula is C28H35N7O4. The molecule has 1 saturated heterocycles. The summed E-state index contributed by atoms with van der Waals surface area (Å²) < 4.78 is 8.79. The molecule has 206 valence electrons. The van der Waals surface area contributed by atoms with Crippen molar-refractivity contribution < 1.29 is 14.3 Å². The lowest BCUT2D eigenvalue weighted by Gasteiger charge is -2.20. The van der Waals surface area contributed by atoms with Crippen molar-refractivity contribution in [2.45, 2.75) is 39.4 Å². The first-order chi connectivity index (χ1) is 18.7. The predicted octanol–water partition coefficient (Wildman–Crippen LogP) is 1.38. The molecular weight excluding hydrogens is 498 g/mol. The van der Waals surface area contributed by atoms with Crippen LogP contribution < -0.4 is 15.6 Å². The Morgan fingerprint density at radius 3 is 2.74 bits per heavy atom. The largest absolute Gasteiger partial charge is 0.496 e. The third kappa shape index (κ3) is 5.58. The van der Waals surface area contributed by atoms with Gasteiger partial charge in [0.1, 0.15) is 17.0 Å². The van der Waals surface area contributed by atoms with Gasteiger partial charge in [-0.25, -0.2) is 4.68 Å². The van der Waals surface area contributed by atoms with Crippen molar-refractivity contribution in [2.75, 3.05) is 40.3 Å². The molecule has 0 aliphatic carbocycles. The molecule has 0 spiro atoms. The molecule has 0 saturated carbocycles. The Labute approximate surface area is 227 Å². The van der Waals surface area contributed by atoms with E-state index in [9.17, 15) is 14.4 Å². The van der Waals surface area contributed by atoms with Gasteiger partial charge in [-0.3, -0.25) is 19.3 Å². The van der Waals surface area contributed by atoms with Gasteiger partial charge in [0.05, 0.1) is 25.9 Å². The summed E-state index contributed by atoms with van der Waals surface area (Å²) in [7, 11) is 3.32. The predicted molar refractivity (Wildman–Crippen MR) is 145 cm³/mol. The number of amides is 2. The summed E-state index contributed by atoms with van der Waals surface area (Å²) in [6.45, 7) is 7.15. The zero-order valence-electron chi connectivity index (χ0n) is 22.9. The smallest absolute Gasteiger partial charge is 0.263 e. The van der Waals surface area contributed by atoms with Gasteiger partial charge in [-0.15, -0.1) is 5.10 Å². The van der Waals surface area contributed by atoms with Gasteiger partial charge >= 0.3 is 0 Å². The minimum absolute atomic E-state index is 0.0255. The van der Waals surface area contributed by atoms with Crippen LogP contribution in [0.5, 0.6) is 5.75 Å². The zero-order chi connectivity index (χ0) is 27.7. The van der Waals surface area contributed by atoms with E-state index in [0.717, 1.165) is 36.5 Å². The molecule has 2 aliphatic heterocycles. The molecule has 3 aromatic rings. The summed E-state index contributed by atoms with van der Waals surface area (Å²) in [5, 5.41) is 11.7. The molecule has 39 heavy (non-hydrogen) atoms. The Hall–Kier alpha value is -3.99. The fourth-order valence-corrected chi connectivity index (χ4v) is 5.58. The van der Waals surface area contributed by atoms with E-state index < -0.39 is 0 Å². The van der Waals surface area contributed by atoms with Crippen molar-refractivity contribution in [2.24, 2.45) is 5.92 Å². The van der Waals surface area contributed by atoms with Crippen LogP contribution in [0.15, 0.2) is 41.5 Å². The van der Waals surface area contributed by atoms with Crippen molar-refractivity contribution in [3.05, 3.63) is 75.0 Å². The van der Waals surface area contributed by atoms with E-state index in [2.05, 4.69) is 39.6 Å². The molecule has 4 bridgehead atoms. The molecule has 0 unspecified atom stereocenters. The Balaban J connectivity index is 1.43. The third-order valence-electron chi connectivity index (χ3n) is 7.77. The van der Waals surface area contributed by atoms with Gasteiger partial charge in [-0.1, -0.05) is 11.3 Å². The van der Waals surface area contributed by atoms with E-state index in [1.165, 1.54) is 21.1 Å². The molecule has 5 rings (SSSR count). The van der Waals surface area contributed by atoms with Gasteiger partial charge in [0.15, 0.2) is 0 Å². The van der Waals surface area contributed by atoms with E-state index in [1.807, 2.05) is 17.8 Å². The number of rotatable bonds is 3. The molecule has 0 radical (unpaired) electrons. The number of aryl methyl sites for hydroxylation is 2. The lowest BCUT2D eigenvalue weighted by molar-refractivity contribution is -0.122. The molecule has 2 aliphatic rings. The highest BCUT2D eigenvalue weighted by atomic mass is 16.5. The summed E-state index contributed by atoms with van der Waals surface area (Å²) in [5.74, 6) is 0.451. The molecule has 1 N–H and O–H groups in total. The number of nitrogens with zero attached hydrogens (tertiary/aromatic N) is 6. The molecule has 2 aromatic heterocycles. The summed E-state index contributed by atoms with van der Waals surface area (Å²) >= 11 is 0.